The van der Waals surface area contributed by atoms with Crippen molar-refractivity contribution in [1.29, 1.82) is 0 Å². The van der Waals surface area contributed by atoms with Crippen molar-refractivity contribution in [3.63, 3.8) is 0 Å². The third-order valence-electron chi connectivity index (χ3n) is 3.05. The monoisotopic (exact) mass is 281 g/mol. The maximum Gasteiger partial charge on any atom is 0.452 e. The fourth-order valence-corrected chi connectivity index (χ4v) is 2.82. The van der Waals surface area contributed by atoms with Crippen LogP contribution in [0.4, 0.5) is 18.3 Å². The summed E-state index contributed by atoms with van der Waals surface area (Å²) in [6.45, 7) is 0.127. The predicted molar refractivity (Wildman–Crippen MR) is 61.4 cm³/mol. The van der Waals surface area contributed by atoms with Crippen molar-refractivity contribution in [1.82, 2.24) is 9.36 Å². The van der Waals surface area contributed by atoms with Crippen LogP contribution in [0.5, 0.6) is 0 Å². The van der Waals surface area contributed by atoms with Crippen LogP contribution in [0, 0.1) is 5.92 Å². The molecule has 1 fully saturated rings. The number of alkyl halides is 3. The van der Waals surface area contributed by atoms with E-state index in [1.807, 2.05) is 0 Å². The summed E-state index contributed by atoms with van der Waals surface area (Å²) in [6.07, 6.45) is -0.905. The van der Waals surface area contributed by atoms with Gasteiger partial charge in [0.1, 0.15) is 0 Å². The third-order valence-corrected chi connectivity index (χ3v) is 3.69. The highest BCUT2D eigenvalue weighted by atomic mass is 32.1. The summed E-state index contributed by atoms with van der Waals surface area (Å²) in [7, 11) is 0. The van der Waals surface area contributed by atoms with Crippen LogP contribution < -0.4 is 5.32 Å². The molecule has 102 valence electrons. The van der Waals surface area contributed by atoms with Gasteiger partial charge < -0.3 is 10.4 Å². The molecule has 2 unspecified atom stereocenters. The van der Waals surface area contributed by atoms with Gasteiger partial charge in [0.05, 0.1) is 0 Å². The van der Waals surface area contributed by atoms with Crippen molar-refractivity contribution >= 4 is 16.7 Å². The van der Waals surface area contributed by atoms with E-state index in [0.717, 1.165) is 37.2 Å². The molecule has 0 bridgehead atoms. The Balaban J connectivity index is 1.95. The topological polar surface area (TPSA) is 58.0 Å². The van der Waals surface area contributed by atoms with E-state index >= 15 is 0 Å². The average molecular weight is 281 g/mol. The lowest BCUT2D eigenvalue weighted by atomic mass is 9.86. The van der Waals surface area contributed by atoms with Crippen LogP contribution in [-0.4, -0.2) is 27.1 Å². The Labute approximate surface area is 106 Å². The fourth-order valence-electron chi connectivity index (χ4n) is 2.16. The largest absolute Gasteiger partial charge is 0.452 e. The molecule has 0 spiro atoms. The number of nitrogens with one attached hydrogen (secondary N) is 1. The van der Waals surface area contributed by atoms with Crippen molar-refractivity contribution < 1.29 is 18.3 Å². The van der Waals surface area contributed by atoms with Crippen LogP contribution in [0.3, 0.4) is 0 Å². The second-order valence-electron chi connectivity index (χ2n) is 4.48. The minimum Gasteiger partial charge on any atom is -0.396 e. The normalized spacial score (nSPS) is 25.1. The number of aliphatic hydroxyl groups is 1. The Morgan fingerprint density at radius 3 is 2.78 bits per heavy atom. The van der Waals surface area contributed by atoms with Crippen molar-refractivity contribution in [3.8, 4) is 0 Å². The first-order chi connectivity index (χ1) is 8.49. The summed E-state index contributed by atoms with van der Waals surface area (Å²) < 4.78 is 40.2. The Morgan fingerprint density at radius 2 is 2.17 bits per heavy atom. The van der Waals surface area contributed by atoms with Crippen molar-refractivity contribution in [2.45, 2.75) is 37.9 Å². The van der Waals surface area contributed by atoms with Gasteiger partial charge in [-0.05, 0) is 25.2 Å². The van der Waals surface area contributed by atoms with Crippen molar-refractivity contribution in [2.75, 3.05) is 11.9 Å². The summed E-state index contributed by atoms with van der Waals surface area (Å²) in [4.78, 5) is 3.44. The van der Waals surface area contributed by atoms with E-state index < -0.39 is 12.0 Å². The summed E-state index contributed by atoms with van der Waals surface area (Å²) in [5, 5.41) is 12.3. The van der Waals surface area contributed by atoms with Gasteiger partial charge in [0.15, 0.2) is 0 Å². The number of rotatable bonds is 3. The quantitative estimate of drug-likeness (QED) is 0.894. The molecule has 0 aromatic carbocycles. The van der Waals surface area contributed by atoms with Crippen LogP contribution in [-0.2, 0) is 6.18 Å². The van der Waals surface area contributed by atoms with Gasteiger partial charge in [0.25, 0.3) is 0 Å². The number of aliphatic hydroxyl groups excluding tert-OH is 1. The summed E-state index contributed by atoms with van der Waals surface area (Å²) in [5.74, 6) is -0.865. The molecule has 4 nitrogen and oxygen atoms in total. The number of hydrogen-bond acceptors (Lipinski definition) is 5. The van der Waals surface area contributed by atoms with E-state index in [2.05, 4.69) is 14.7 Å². The molecule has 0 amide bonds. The minimum absolute atomic E-state index is 0.0740. The van der Waals surface area contributed by atoms with E-state index in [-0.39, 0.29) is 23.7 Å². The van der Waals surface area contributed by atoms with Gasteiger partial charge in [0, 0.05) is 24.2 Å². The van der Waals surface area contributed by atoms with Crippen molar-refractivity contribution in [3.05, 3.63) is 5.82 Å². The molecule has 0 aliphatic heterocycles. The number of nitrogens with zero attached hydrogens (tertiary/aromatic N) is 2. The van der Waals surface area contributed by atoms with Gasteiger partial charge in [-0.1, -0.05) is 6.42 Å². The molecular weight excluding hydrogens is 267 g/mol. The summed E-state index contributed by atoms with van der Waals surface area (Å²) in [5.41, 5.74) is 0. The zero-order valence-corrected chi connectivity index (χ0v) is 10.4. The molecule has 1 saturated carbocycles. The number of hydrogen-bond donors (Lipinski definition) is 2. The molecule has 0 saturated heterocycles. The first-order valence-electron chi connectivity index (χ1n) is 5.77. The molecule has 2 rings (SSSR count). The smallest absolute Gasteiger partial charge is 0.396 e. The van der Waals surface area contributed by atoms with Crippen LogP contribution in [0.25, 0.3) is 0 Å². The highest BCUT2D eigenvalue weighted by Crippen LogP contribution is 2.31. The Kier molecular flexibility index (Phi) is 4.06. The number of aromatic nitrogens is 2. The lowest BCUT2D eigenvalue weighted by Gasteiger charge is -2.28. The molecule has 1 aromatic heterocycles. The van der Waals surface area contributed by atoms with Crippen LogP contribution in [0.1, 0.15) is 31.5 Å². The van der Waals surface area contributed by atoms with Gasteiger partial charge in [-0.3, -0.25) is 0 Å². The zero-order valence-electron chi connectivity index (χ0n) is 9.57. The standard InChI is InChI=1S/C10H14F3N3OS/c11-10(12,13)8-15-9(18-16-8)14-7-3-1-2-6(4-7)5-17/h6-7,17H,1-5H2,(H,14,15,16). The molecule has 8 heteroatoms. The van der Waals surface area contributed by atoms with E-state index in [0.29, 0.717) is 0 Å². The third kappa shape index (κ3) is 3.32. The van der Waals surface area contributed by atoms with E-state index in [1.165, 1.54) is 0 Å². The number of halogens is 3. The Hall–Kier alpha value is -0.890. The van der Waals surface area contributed by atoms with Gasteiger partial charge in [-0.25, -0.2) is 0 Å². The van der Waals surface area contributed by atoms with Gasteiger partial charge in [-0.2, -0.15) is 22.5 Å². The second-order valence-corrected chi connectivity index (χ2v) is 5.23. The van der Waals surface area contributed by atoms with E-state index in [1.54, 1.807) is 0 Å². The van der Waals surface area contributed by atoms with E-state index in [9.17, 15) is 13.2 Å². The molecule has 2 N–H and O–H groups in total. The minimum atomic E-state index is -4.49. The highest BCUT2D eigenvalue weighted by Gasteiger charge is 2.36. The highest BCUT2D eigenvalue weighted by molar-refractivity contribution is 7.09. The molecule has 1 aliphatic rings. The summed E-state index contributed by atoms with van der Waals surface area (Å²) in [6, 6.07) is 0.0740. The van der Waals surface area contributed by atoms with Crippen molar-refractivity contribution in [2.24, 2.45) is 5.92 Å². The number of anilines is 1. The lowest BCUT2D eigenvalue weighted by Crippen LogP contribution is -2.28. The van der Waals surface area contributed by atoms with Crippen LogP contribution >= 0.6 is 11.5 Å². The molecule has 18 heavy (non-hydrogen) atoms. The first kappa shape index (κ1) is 13.5. The molecule has 1 heterocycles. The van der Waals surface area contributed by atoms with Gasteiger partial charge in [0.2, 0.25) is 11.0 Å². The lowest BCUT2D eigenvalue weighted by molar-refractivity contribution is -0.144. The maximum atomic E-state index is 12.3. The van der Waals surface area contributed by atoms with Crippen LogP contribution in [0.2, 0.25) is 0 Å². The first-order valence-corrected chi connectivity index (χ1v) is 6.54. The van der Waals surface area contributed by atoms with Gasteiger partial charge in [-0.15, -0.1) is 0 Å². The van der Waals surface area contributed by atoms with Crippen LogP contribution in [0.15, 0.2) is 0 Å². The second kappa shape index (κ2) is 5.40. The maximum absolute atomic E-state index is 12.3. The molecule has 1 aliphatic carbocycles. The molecule has 2 atom stereocenters. The zero-order chi connectivity index (χ0) is 13.2. The van der Waals surface area contributed by atoms with Gasteiger partial charge >= 0.3 is 6.18 Å². The average Bonchev–Trinajstić information content (AvgIpc) is 2.77. The summed E-state index contributed by atoms with van der Waals surface area (Å²) >= 11 is 0.724. The SMILES string of the molecule is OCC1CCCC(Nc2nc(C(F)(F)F)ns2)C1. The molecular formula is C10H14F3N3OS. The predicted octanol–water partition coefficient (Wildman–Crippen LogP) is 2.52. The molecule has 0 radical (unpaired) electrons. The Morgan fingerprint density at radius 1 is 1.39 bits per heavy atom. The Bertz CT molecular complexity index is 396. The molecule has 1 aromatic rings. The fraction of sp³-hybridized carbons (Fsp3) is 0.800. The van der Waals surface area contributed by atoms with E-state index in [4.69, 9.17) is 5.11 Å².